The molecular formula is C19H24N2O5S. The van der Waals surface area contributed by atoms with E-state index in [1.54, 1.807) is 63.5 Å². The Morgan fingerprint density at radius 1 is 1.11 bits per heavy atom. The summed E-state index contributed by atoms with van der Waals surface area (Å²) in [5.41, 5.74) is 1.53. The number of ether oxygens (including phenoxy) is 2. The first-order valence-electron chi connectivity index (χ1n) is 8.30. The third kappa shape index (κ3) is 6.18. The van der Waals surface area contributed by atoms with Gasteiger partial charge in [-0.25, -0.2) is 8.42 Å². The summed E-state index contributed by atoms with van der Waals surface area (Å²) in [6, 6.07) is 12.1. The van der Waals surface area contributed by atoms with Crippen molar-refractivity contribution in [3.8, 4) is 11.5 Å². The van der Waals surface area contributed by atoms with Gasteiger partial charge in [-0.3, -0.25) is 9.52 Å². The lowest BCUT2D eigenvalue weighted by Crippen LogP contribution is -2.31. The minimum atomic E-state index is -3.42. The first-order valence-corrected chi connectivity index (χ1v) is 10.2. The molecule has 2 rings (SSSR count). The Balaban J connectivity index is 1.96. The lowest BCUT2D eigenvalue weighted by Gasteiger charge is -2.18. The highest BCUT2D eigenvalue weighted by molar-refractivity contribution is 7.92. The fourth-order valence-corrected chi connectivity index (χ4v) is 2.98. The van der Waals surface area contributed by atoms with Gasteiger partial charge in [-0.2, -0.15) is 0 Å². The molecule has 7 nitrogen and oxygen atoms in total. The van der Waals surface area contributed by atoms with Crippen LogP contribution >= 0.6 is 0 Å². The predicted octanol–water partition coefficient (Wildman–Crippen LogP) is 2.53. The lowest BCUT2D eigenvalue weighted by atomic mass is 10.1. The number of anilines is 1. The largest absolute Gasteiger partial charge is 0.497 e. The third-order valence-corrected chi connectivity index (χ3v) is 4.47. The monoisotopic (exact) mass is 392 g/mol. The Bertz CT molecular complexity index is 895. The average molecular weight is 392 g/mol. The molecule has 1 N–H and O–H groups in total. The smallest absolute Gasteiger partial charge is 0.253 e. The number of amides is 1. The molecule has 0 aliphatic carbocycles. The molecule has 0 aliphatic rings. The van der Waals surface area contributed by atoms with Crippen LogP contribution in [-0.4, -0.2) is 52.8 Å². The Kier molecular flexibility index (Phi) is 6.68. The van der Waals surface area contributed by atoms with Gasteiger partial charge in [0, 0.05) is 12.6 Å². The molecule has 27 heavy (non-hydrogen) atoms. The summed E-state index contributed by atoms with van der Waals surface area (Å²) in [4.78, 5) is 14.1. The van der Waals surface area contributed by atoms with E-state index >= 15 is 0 Å². The molecule has 146 valence electrons. The Hall–Kier alpha value is -2.74. The van der Waals surface area contributed by atoms with E-state index in [9.17, 15) is 13.2 Å². The average Bonchev–Trinajstić information content (AvgIpc) is 2.62. The molecule has 0 spiro atoms. The van der Waals surface area contributed by atoms with E-state index in [0.717, 1.165) is 17.6 Å². The molecule has 0 aromatic heterocycles. The maximum atomic E-state index is 12.6. The molecule has 0 radical (unpaired) electrons. The SMILES string of the molecule is COc1ccc(OCCN(C)C(=O)c2ccc(C)c(NS(C)(=O)=O)c2)cc1. The first kappa shape index (κ1) is 20.6. The van der Waals surface area contributed by atoms with Gasteiger partial charge in [0.25, 0.3) is 5.91 Å². The molecule has 0 saturated heterocycles. The van der Waals surface area contributed by atoms with Crippen LogP contribution in [0.4, 0.5) is 5.69 Å². The van der Waals surface area contributed by atoms with Crippen molar-refractivity contribution in [3.63, 3.8) is 0 Å². The second-order valence-electron chi connectivity index (χ2n) is 6.15. The number of hydrogen-bond acceptors (Lipinski definition) is 5. The van der Waals surface area contributed by atoms with E-state index < -0.39 is 10.0 Å². The third-order valence-electron chi connectivity index (χ3n) is 3.88. The van der Waals surface area contributed by atoms with Gasteiger partial charge in [-0.05, 0) is 48.9 Å². The van der Waals surface area contributed by atoms with Crippen LogP contribution in [0.5, 0.6) is 11.5 Å². The number of aryl methyl sites for hydroxylation is 1. The van der Waals surface area contributed by atoms with Gasteiger partial charge in [0.05, 0.1) is 25.6 Å². The van der Waals surface area contributed by atoms with E-state index in [-0.39, 0.29) is 5.91 Å². The van der Waals surface area contributed by atoms with Gasteiger partial charge in [0.2, 0.25) is 10.0 Å². The van der Waals surface area contributed by atoms with Crippen molar-refractivity contribution in [2.24, 2.45) is 0 Å². The fourth-order valence-electron chi connectivity index (χ4n) is 2.36. The quantitative estimate of drug-likeness (QED) is 0.746. The number of sulfonamides is 1. The van der Waals surface area contributed by atoms with Crippen molar-refractivity contribution in [1.29, 1.82) is 0 Å². The number of hydrogen-bond donors (Lipinski definition) is 1. The highest BCUT2D eigenvalue weighted by Crippen LogP contribution is 2.19. The van der Waals surface area contributed by atoms with Crippen molar-refractivity contribution >= 4 is 21.6 Å². The molecule has 2 aromatic rings. The molecule has 2 aromatic carbocycles. The van der Waals surface area contributed by atoms with Crippen LogP contribution in [0.25, 0.3) is 0 Å². The second kappa shape index (κ2) is 8.77. The van der Waals surface area contributed by atoms with E-state index in [4.69, 9.17) is 9.47 Å². The predicted molar refractivity (Wildman–Crippen MR) is 105 cm³/mol. The lowest BCUT2D eigenvalue weighted by molar-refractivity contribution is 0.0774. The second-order valence-corrected chi connectivity index (χ2v) is 7.90. The Morgan fingerprint density at radius 3 is 2.33 bits per heavy atom. The number of nitrogens with one attached hydrogen (secondary N) is 1. The molecule has 1 amide bonds. The topological polar surface area (TPSA) is 84.9 Å². The standard InChI is InChI=1S/C19H24N2O5S/c1-14-5-6-15(13-18(14)20-27(4,23)24)19(22)21(2)11-12-26-17-9-7-16(25-3)8-10-17/h5-10,13,20H,11-12H2,1-4H3. The van der Waals surface area contributed by atoms with Crippen LogP contribution in [0.2, 0.25) is 0 Å². The van der Waals surface area contributed by atoms with Crippen molar-refractivity contribution < 1.29 is 22.7 Å². The van der Waals surface area contributed by atoms with E-state index in [0.29, 0.717) is 30.2 Å². The van der Waals surface area contributed by atoms with Gasteiger partial charge in [0.1, 0.15) is 18.1 Å². The number of rotatable bonds is 8. The van der Waals surface area contributed by atoms with Crippen LogP contribution in [-0.2, 0) is 10.0 Å². The number of benzene rings is 2. The minimum Gasteiger partial charge on any atom is -0.497 e. The summed E-state index contributed by atoms with van der Waals surface area (Å²) >= 11 is 0. The molecule has 0 aliphatic heterocycles. The molecule has 0 bridgehead atoms. The molecular weight excluding hydrogens is 368 g/mol. The Morgan fingerprint density at radius 2 is 1.74 bits per heavy atom. The maximum Gasteiger partial charge on any atom is 0.253 e. The minimum absolute atomic E-state index is 0.218. The summed E-state index contributed by atoms with van der Waals surface area (Å²) in [5.74, 6) is 1.21. The number of likely N-dealkylation sites (N-methyl/N-ethyl adjacent to an activating group) is 1. The number of methoxy groups -OCH3 is 1. The first-order chi connectivity index (χ1) is 12.7. The Labute approximate surface area is 160 Å². The van der Waals surface area contributed by atoms with Crippen LogP contribution in [0.1, 0.15) is 15.9 Å². The zero-order chi connectivity index (χ0) is 20.0. The van der Waals surface area contributed by atoms with Crippen molar-refractivity contribution in [3.05, 3.63) is 53.6 Å². The summed E-state index contributed by atoms with van der Waals surface area (Å²) in [6.45, 7) is 2.48. The zero-order valence-corrected chi connectivity index (χ0v) is 16.7. The van der Waals surface area contributed by atoms with E-state index in [1.807, 2.05) is 0 Å². The van der Waals surface area contributed by atoms with Crippen LogP contribution < -0.4 is 14.2 Å². The molecule has 0 fully saturated rings. The summed E-state index contributed by atoms with van der Waals surface area (Å²) in [5, 5.41) is 0. The highest BCUT2D eigenvalue weighted by Gasteiger charge is 2.14. The van der Waals surface area contributed by atoms with Crippen LogP contribution in [0.3, 0.4) is 0 Å². The summed E-state index contributed by atoms with van der Waals surface area (Å²) < 4.78 is 36.1. The van der Waals surface area contributed by atoms with Gasteiger partial charge < -0.3 is 14.4 Å². The summed E-state index contributed by atoms with van der Waals surface area (Å²) in [7, 11) is -0.151. The molecule has 0 heterocycles. The van der Waals surface area contributed by atoms with Crippen LogP contribution in [0, 0.1) is 6.92 Å². The van der Waals surface area contributed by atoms with E-state index in [1.165, 1.54) is 4.90 Å². The normalized spacial score (nSPS) is 11.0. The van der Waals surface area contributed by atoms with Crippen molar-refractivity contribution in [2.45, 2.75) is 6.92 Å². The van der Waals surface area contributed by atoms with Crippen molar-refractivity contribution in [1.82, 2.24) is 4.90 Å². The molecule has 0 unspecified atom stereocenters. The van der Waals surface area contributed by atoms with Gasteiger partial charge >= 0.3 is 0 Å². The molecule has 0 saturated carbocycles. The number of carbonyl (C=O) groups excluding carboxylic acids is 1. The number of nitrogens with zero attached hydrogens (tertiary/aromatic N) is 1. The zero-order valence-electron chi connectivity index (χ0n) is 15.9. The van der Waals surface area contributed by atoms with Gasteiger partial charge in [-0.1, -0.05) is 6.07 Å². The molecule has 8 heteroatoms. The van der Waals surface area contributed by atoms with E-state index in [2.05, 4.69) is 4.72 Å². The summed E-state index contributed by atoms with van der Waals surface area (Å²) in [6.07, 6.45) is 1.07. The maximum absolute atomic E-state index is 12.6. The fraction of sp³-hybridized carbons (Fsp3) is 0.316. The highest BCUT2D eigenvalue weighted by atomic mass is 32.2. The van der Waals surface area contributed by atoms with Crippen LogP contribution in [0.15, 0.2) is 42.5 Å². The number of carbonyl (C=O) groups is 1. The molecule has 0 atom stereocenters. The van der Waals surface area contributed by atoms with Crippen molar-refractivity contribution in [2.75, 3.05) is 38.3 Å². The van der Waals surface area contributed by atoms with Gasteiger partial charge in [-0.15, -0.1) is 0 Å². The van der Waals surface area contributed by atoms with Gasteiger partial charge in [0.15, 0.2) is 0 Å².